The molecule has 2 amide bonds. The van der Waals surface area contributed by atoms with Gasteiger partial charge in [0, 0.05) is 48.5 Å². The number of carbonyl (C=O) groups excluding carboxylic acids is 2. The van der Waals surface area contributed by atoms with Crippen LogP contribution in [0.3, 0.4) is 0 Å². The number of amides is 2. The van der Waals surface area contributed by atoms with Crippen molar-refractivity contribution in [2.75, 3.05) is 7.05 Å². The van der Waals surface area contributed by atoms with Gasteiger partial charge in [0.2, 0.25) is 0 Å². The van der Waals surface area contributed by atoms with Crippen molar-refractivity contribution in [1.82, 2.24) is 25.6 Å². The van der Waals surface area contributed by atoms with Gasteiger partial charge in [-0.05, 0) is 43.0 Å². The molecule has 3 N–H and O–H groups in total. The van der Waals surface area contributed by atoms with Crippen LogP contribution in [-0.4, -0.2) is 39.9 Å². The summed E-state index contributed by atoms with van der Waals surface area (Å²) in [6, 6.07) is 5.52. The van der Waals surface area contributed by atoms with Crippen molar-refractivity contribution in [3.63, 3.8) is 0 Å². The zero-order valence-corrected chi connectivity index (χ0v) is 16.2. The number of hydrogen-bond acceptors (Lipinski definition) is 4. The summed E-state index contributed by atoms with van der Waals surface area (Å²) in [6.07, 6.45) is 5.18. The first-order valence-electron chi connectivity index (χ1n) is 9.41. The minimum Gasteiger partial charge on any atom is -0.360 e. The lowest BCUT2D eigenvalue weighted by Gasteiger charge is -2.10. The van der Waals surface area contributed by atoms with Gasteiger partial charge in [0.15, 0.2) is 0 Å². The number of aromatic nitrogens is 3. The van der Waals surface area contributed by atoms with Crippen LogP contribution in [0.25, 0.3) is 10.9 Å². The second-order valence-electron chi connectivity index (χ2n) is 7.42. The highest BCUT2D eigenvalue weighted by atomic mass is 16.2. The van der Waals surface area contributed by atoms with Crippen LogP contribution < -0.4 is 10.6 Å². The zero-order chi connectivity index (χ0) is 19.8. The number of hydrogen-bond donors (Lipinski definition) is 3. The molecular weight excluding hydrogens is 354 g/mol. The first-order chi connectivity index (χ1) is 13.5. The van der Waals surface area contributed by atoms with E-state index < -0.39 is 0 Å². The van der Waals surface area contributed by atoms with Crippen LogP contribution in [0.15, 0.2) is 30.6 Å². The van der Waals surface area contributed by atoms with Crippen LogP contribution >= 0.6 is 0 Å². The van der Waals surface area contributed by atoms with E-state index in [2.05, 4.69) is 32.5 Å². The molecule has 0 bridgehead atoms. The third-order valence-corrected chi connectivity index (χ3v) is 5.27. The maximum absolute atomic E-state index is 12.6. The van der Waals surface area contributed by atoms with Gasteiger partial charge in [-0.2, -0.15) is 0 Å². The molecule has 2 atom stereocenters. The summed E-state index contributed by atoms with van der Waals surface area (Å²) in [5.41, 5.74) is 4.25. The molecule has 0 saturated heterocycles. The first-order valence-corrected chi connectivity index (χ1v) is 9.41. The smallest absolute Gasteiger partial charge is 0.269 e. The number of fused-ring (bicyclic) bond motifs is 1. The Hall–Kier alpha value is -3.22. The number of aromatic amines is 1. The monoisotopic (exact) mass is 377 g/mol. The normalized spacial score (nSPS) is 18.1. The summed E-state index contributed by atoms with van der Waals surface area (Å²) in [5.74, 6) is 0.0191. The molecule has 0 aliphatic heterocycles. The van der Waals surface area contributed by atoms with Gasteiger partial charge in [0.25, 0.3) is 11.8 Å². The van der Waals surface area contributed by atoms with Gasteiger partial charge in [0.05, 0.1) is 11.2 Å². The summed E-state index contributed by atoms with van der Waals surface area (Å²) >= 11 is 0. The van der Waals surface area contributed by atoms with E-state index in [1.54, 1.807) is 19.2 Å². The Bertz CT molecular complexity index is 1070. The molecular formula is C21H23N5O2. The van der Waals surface area contributed by atoms with Crippen molar-refractivity contribution >= 4 is 22.7 Å². The SMILES string of the molecule is CNC(=O)c1cc(C(=O)N[C@H]2C[C@@H]2C)cc(Cc2cnc(C)c3[nH]ccc23)n1. The lowest BCUT2D eigenvalue weighted by Crippen LogP contribution is -2.28. The summed E-state index contributed by atoms with van der Waals surface area (Å²) in [6.45, 7) is 4.06. The molecule has 28 heavy (non-hydrogen) atoms. The van der Waals surface area contributed by atoms with E-state index in [9.17, 15) is 9.59 Å². The van der Waals surface area contributed by atoms with Crippen molar-refractivity contribution < 1.29 is 9.59 Å². The van der Waals surface area contributed by atoms with Gasteiger partial charge < -0.3 is 15.6 Å². The second kappa shape index (κ2) is 7.07. The number of H-pyrrole nitrogens is 1. The predicted octanol–water partition coefficient (Wildman–Crippen LogP) is 2.35. The molecule has 1 fully saturated rings. The van der Waals surface area contributed by atoms with Crippen molar-refractivity contribution in [3.05, 3.63) is 58.8 Å². The third kappa shape index (κ3) is 3.47. The topological polar surface area (TPSA) is 99.8 Å². The fraction of sp³-hybridized carbons (Fsp3) is 0.333. The van der Waals surface area contributed by atoms with E-state index in [1.807, 2.05) is 25.4 Å². The van der Waals surface area contributed by atoms with Gasteiger partial charge in [-0.1, -0.05) is 6.92 Å². The number of nitrogens with zero attached hydrogens (tertiary/aromatic N) is 2. The van der Waals surface area contributed by atoms with Crippen LogP contribution in [0.1, 0.15) is 51.1 Å². The largest absolute Gasteiger partial charge is 0.360 e. The Morgan fingerprint density at radius 3 is 2.79 bits per heavy atom. The fourth-order valence-corrected chi connectivity index (χ4v) is 3.41. The molecule has 0 aromatic carbocycles. The molecule has 4 rings (SSSR count). The van der Waals surface area contributed by atoms with Crippen LogP contribution in [0.2, 0.25) is 0 Å². The number of carbonyl (C=O) groups is 2. The lowest BCUT2D eigenvalue weighted by molar-refractivity contribution is 0.0949. The molecule has 3 heterocycles. The molecule has 144 valence electrons. The standard InChI is InChI=1S/C21H23N5O2/c1-11-6-17(11)26-20(27)13-7-15(25-18(9-13)21(28)22-3)8-14-10-24-12(2)19-16(14)4-5-23-19/h4-5,7,9-11,17,23H,6,8H2,1-3H3,(H,22,28)(H,26,27)/t11-,17-/m0/s1. The highest BCUT2D eigenvalue weighted by Crippen LogP contribution is 2.29. The molecule has 7 heteroatoms. The van der Waals surface area contributed by atoms with Crippen LogP contribution in [0.4, 0.5) is 0 Å². The summed E-state index contributed by atoms with van der Waals surface area (Å²) in [7, 11) is 1.55. The van der Waals surface area contributed by atoms with E-state index in [0.717, 1.165) is 28.6 Å². The highest BCUT2D eigenvalue weighted by molar-refractivity contribution is 5.99. The van der Waals surface area contributed by atoms with E-state index in [1.165, 1.54) is 0 Å². The van der Waals surface area contributed by atoms with Gasteiger partial charge in [-0.3, -0.25) is 14.6 Å². The average Bonchev–Trinajstić information content (AvgIpc) is 3.17. The predicted molar refractivity (Wildman–Crippen MR) is 106 cm³/mol. The highest BCUT2D eigenvalue weighted by Gasteiger charge is 2.34. The van der Waals surface area contributed by atoms with Gasteiger partial charge in [-0.15, -0.1) is 0 Å². The number of nitrogens with one attached hydrogen (secondary N) is 3. The third-order valence-electron chi connectivity index (χ3n) is 5.27. The molecule has 7 nitrogen and oxygen atoms in total. The van der Waals surface area contributed by atoms with Crippen LogP contribution in [0.5, 0.6) is 0 Å². The van der Waals surface area contributed by atoms with E-state index >= 15 is 0 Å². The van der Waals surface area contributed by atoms with Crippen molar-refractivity contribution in [2.45, 2.75) is 32.7 Å². The minimum absolute atomic E-state index is 0.169. The van der Waals surface area contributed by atoms with Gasteiger partial charge >= 0.3 is 0 Å². The van der Waals surface area contributed by atoms with Crippen molar-refractivity contribution in [2.24, 2.45) is 5.92 Å². The number of pyridine rings is 2. The van der Waals surface area contributed by atoms with E-state index in [0.29, 0.717) is 23.6 Å². The molecule has 0 spiro atoms. The number of rotatable bonds is 5. The number of aryl methyl sites for hydroxylation is 1. The molecule has 0 unspecified atom stereocenters. The molecule has 1 aliphatic carbocycles. The van der Waals surface area contributed by atoms with E-state index in [-0.39, 0.29) is 23.6 Å². The van der Waals surface area contributed by atoms with Crippen molar-refractivity contribution in [3.8, 4) is 0 Å². The molecule has 0 radical (unpaired) electrons. The Balaban J connectivity index is 1.69. The summed E-state index contributed by atoms with van der Waals surface area (Å²) < 4.78 is 0. The second-order valence-corrected chi connectivity index (χ2v) is 7.42. The Labute approximate surface area is 163 Å². The van der Waals surface area contributed by atoms with Crippen LogP contribution in [0, 0.1) is 12.8 Å². The maximum Gasteiger partial charge on any atom is 0.269 e. The Kier molecular flexibility index (Phi) is 4.58. The lowest BCUT2D eigenvalue weighted by atomic mass is 10.0. The quantitative estimate of drug-likeness (QED) is 0.635. The van der Waals surface area contributed by atoms with Crippen molar-refractivity contribution in [1.29, 1.82) is 0 Å². The zero-order valence-electron chi connectivity index (χ0n) is 16.2. The van der Waals surface area contributed by atoms with Gasteiger partial charge in [0.1, 0.15) is 5.69 Å². The Morgan fingerprint density at radius 1 is 1.29 bits per heavy atom. The molecule has 1 saturated carbocycles. The minimum atomic E-state index is -0.315. The average molecular weight is 377 g/mol. The molecule has 1 aliphatic rings. The van der Waals surface area contributed by atoms with E-state index in [4.69, 9.17) is 0 Å². The summed E-state index contributed by atoms with van der Waals surface area (Å²) in [5, 5.41) is 6.66. The van der Waals surface area contributed by atoms with Gasteiger partial charge in [-0.25, -0.2) is 4.98 Å². The molecule has 3 aromatic rings. The summed E-state index contributed by atoms with van der Waals surface area (Å²) in [4.78, 5) is 36.9. The Morgan fingerprint density at radius 2 is 2.07 bits per heavy atom. The first kappa shape index (κ1) is 18.2. The maximum atomic E-state index is 12.6. The molecule has 3 aromatic heterocycles. The fourth-order valence-electron chi connectivity index (χ4n) is 3.41. The van der Waals surface area contributed by atoms with Crippen LogP contribution in [-0.2, 0) is 6.42 Å².